The second-order valence-corrected chi connectivity index (χ2v) is 4.41. The Labute approximate surface area is 104 Å². The Bertz CT molecular complexity index is 393. The molecule has 0 aromatic heterocycles. The van der Waals surface area contributed by atoms with Crippen LogP contribution in [0, 0.1) is 5.82 Å². The van der Waals surface area contributed by atoms with Crippen molar-refractivity contribution in [2.75, 3.05) is 12.4 Å². The molecule has 0 aliphatic rings. The molecule has 0 saturated heterocycles. The highest BCUT2D eigenvalue weighted by atomic mass is 32.2. The van der Waals surface area contributed by atoms with Crippen molar-refractivity contribution in [3.05, 3.63) is 29.6 Å². The first-order chi connectivity index (χ1) is 8.06. The summed E-state index contributed by atoms with van der Waals surface area (Å²) >= 11 is 1.04. The van der Waals surface area contributed by atoms with Gasteiger partial charge in [-0.3, -0.25) is 4.79 Å². The summed E-state index contributed by atoms with van der Waals surface area (Å²) in [5.41, 5.74) is 0.485. The number of ether oxygens (including phenoxy) is 1. The van der Waals surface area contributed by atoms with Crippen LogP contribution in [0.25, 0.3) is 0 Å². The SMILES string of the molecule is CCOC(=O)CSc1c(F)cccc1[C@@H](C)O. The molecule has 0 unspecified atom stereocenters. The molecule has 0 radical (unpaired) electrons. The van der Waals surface area contributed by atoms with E-state index in [0.29, 0.717) is 17.1 Å². The average Bonchev–Trinajstić information content (AvgIpc) is 2.27. The molecule has 0 amide bonds. The van der Waals surface area contributed by atoms with Crippen LogP contribution in [0.1, 0.15) is 25.5 Å². The zero-order chi connectivity index (χ0) is 12.8. The largest absolute Gasteiger partial charge is 0.465 e. The van der Waals surface area contributed by atoms with Crippen molar-refractivity contribution in [2.45, 2.75) is 24.8 Å². The standard InChI is InChI=1S/C12H15FO3S/c1-3-16-11(15)7-17-12-9(8(2)14)5-4-6-10(12)13/h4-6,8,14H,3,7H2,1-2H3/t8-/m1/s1. The van der Waals surface area contributed by atoms with Gasteiger partial charge < -0.3 is 9.84 Å². The van der Waals surface area contributed by atoms with Crippen LogP contribution in [0.3, 0.4) is 0 Å². The van der Waals surface area contributed by atoms with Gasteiger partial charge in [0.15, 0.2) is 0 Å². The summed E-state index contributed by atoms with van der Waals surface area (Å²) in [5, 5.41) is 9.50. The van der Waals surface area contributed by atoms with Crippen molar-refractivity contribution in [2.24, 2.45) is 0 Å². The van der Waals surface area contributed by atoms with Crippen LogP contribution in [-0.2, 0) is 9.53 Å². The third-order valence-corrected chi connectivity index (χ3v) is 3.19. The van der Waals surface area contributed by atoms with E-state index < -0.39 is 17.9 Å². The molecule has 3 nitrogen and oxygen atoms in total. The molecule has 1 aromatic carbocycles. The lowest BCUT2D eigenvalue weighted by atomic mass is 10.1. The highest BCUT2D eigenvalue weighted by molar-refractivity contribution is 8.00. The quantitative estimate of drug-likeness (QED) is 0.651. The summed E-state index contributed by atoms with van der Waals surface area (Å²) in [6.07, 6.45) is -0.768. The number of carbonyl (C=O) groups is 1. The molecule has 1 aromatic rings. The second-order valence-electron chi connectivity index (χ2n) is 3.43. The molecule has 0 heterocycles. The van der Waals surface area contributed by atoms with Crippen molar-refractivity contribution >= 4 is 17.7 Å². The monoisotopic (exact) mass is 258 g/mol. The summed E-state index contributed by atoms with van der Waals surface area (Å²) < 4.78 is 18.3. The summed E-state index contributed by atoms with van der Waals surface area (Å²) in [4.78, 5) is 11.5. The number of aliphatic hydroxyl groups is 1. The van der Waals surface area contributed by atoms with Crippen LogP contribution < -0.4 is 0 Å². The number of aliphatic hydroxyl groups excluding tert-OH is 1. The van der Waals surface area contributed by atoms with Crippen LogP contribution in [0.2, 0.25) is 0 Å². The Balaban J connectivity index is 2.79. The maximum Gasteiger partial charge on any atom is 0.316 e. The fraction of sp³-hybridized carbons (Fsp3) is 0.417. The van der Waals surface area contributed by atoms with Gasteiger partial charge in [-0.05, 0) is 25.5 Å². The first kappa shape index (κ1) is 14.0. The Hall–Kier alpha value is -1.07. The van der Waals surface area contributed by atoms with Gasteiger partial charge in [-0.15, -0.1) is 11.8 Å². The molecule has 5 heteroatoms. The molecule has 17 heavy (non-hydrogen) atoms. The van der Waals surface area contributed by atoms with Gasteiger partial charge >= 0.3 is 5.97 Å². The average molecular weight is 258 g/mol. The van der Waals surface area contributed by atoms with Gasteiger partial charge in [-0.1, -0.05) is 12.1 Å². The van der Waals surface area contributed by atoms with Crippen LogP contribution in [0.15, 0.2) is 23.1 Å². The number of hydrogen-bond acceptors (Lipinski definition) is 4. The van der Waals surface area contributed by atoms with Gasteiger partial charge in [-0.2, -0.15) is 0 Å². The number of hydrogen-bond donors (Lipinski definition) is 1. The fourth-order valence-electron chi connectivity index (χ4n) is 1.34. The third kappa shape index (κ3) is 4.02. The molecule has 1 N–H and O–H groups in total. The maximum atomic E-state index is 13.6. The Morgan fingerprint density at radius 1 is 1.59 bits per heavy atom. The van der Waals surface area contributed by atoms with Gasteiger partial charge in [0.2, 0.25) is 0 Å². The lowest BCUT2D eigenvalue weighted by molar-refractivity contribution is -0.139. The van der Waals surface area contributed by atoms with Gasteiger partial charge in [0.1, 0.15) is 5.82 Å². The van der Waals surface area contributed by atoms with Crippen LogP contribution in [-0.4, -0.2) is 23.4 Å². The number of thioether (sulfide) groups is 1. The van der Waals surface area contributed by atoms with Gasteiger partial charge in [-0.25, -0.2) is 4.39 Å². The fourth-order valence-corrected chi connectivity index (χ4v) is 2.30. The lowest BCUT2D eigenvalue weighted by Crippen LogP contribution is -2.07. The minimum atomic E-state index is -0.768. The number of rotatable bonds is 5. The van der Waals surface area contributed by atoms with Crippen molar-refractivity contribution in [3.8, 4) is 0 Å². The summed E-state index contributed by atoms with van der Waals surface area (Å²) in [7, 11) is 0. The molecule has 94 valence electrons. The lowest BCUT2D eigenvalue weighted by Gasteiger charge is -2.11. The molecule has 0 saturated carbocycles. The molecular weight excluding hydrogens is 243 g/mol. The third-order valence-electron chi connectivity index (χ3n) is 2.09. The van der Waals surface area contributed by atoms with Crippen LogP contribution >= 0.6 is 11.8 Å². The van der Waals surface area contributed by atoms with E-state index in [2.05, 4.69) is 0 Å². The van der Waals surface area contributed by atoms with Crippen molar-refractivity contribution in [1.82, 2.24) is 0 Å². The van der Waals surface area contributed by atoms with E-state index in [4.69, 9.17) is 4.74 Å². The van der Waals surface area contributed by atoms with E-state index in [-0.39, 0.29) is 5.75 Å². The zero-order valence-corrected chi connectivity index (χ0v) is 10.6. The summed E-state index contributed by atoms with van der Waals surface area (Å²) in [5.74, 6) is -0.788. The predicted octanol–water partition coefficient (Wildman–Crippen LogP) is 2.53. The first-order valence-corrected chi connectivity index (χ1v) is 6.29. The molecule has 1 rings (SSSR count). The normalized spacial score (nSPS) is 12.2. The molecule has 0 bridgehead atoms. The second kappa shape index (κ2) is 6.61. The highest BCUT2D eigenvalue weighted by Gasteiger charge is 2.14. The van der Waals surface area contributed by atoms with Crippen molar-refractivity contribution < 1.29 is 19.0 Å². The minimum Gasteiger partial charge on any atom is -0.465 e. The smallest absolute Gasteiger partial charge is 0.316 e. The van der Waals surface area contributed by atoms with E-state index in [1.54, 1.807) is 19.9 Å². The van der Waals surface area contributed by atoms with E-state index in [1.807, 2.05) is 0 Å². The van der Waals surface area contributed by atoms with Crippen LogP contribution in [0.5, 0.6) is 0 Å². The van der Waals surface area contributed by atoms with Crippen molar-refractivity contribution in [1.29, 1.82) is 0 Å². The molecule has 0 aliphatic carbocycles. The Morgan fingerprint density at radius 2 is 2.29 bits per heavy atom. The Kier molecular flexibility index (Phi) is 5.44. The topological polar surface area (TPSA) is 46.5 Å². The maximum absolute atomic E-state index is 13.6. The first-order valence-electron chi connectivity index (χ1n) is 5.31. The van der Waals surface area contributed by atoms with Crippen molar-refractivity contribution in [3.63, 3.8) is 0 Å². The zero-order valence-electron chi connectivity index (χ0n) is 9.77. The Morgan fingerprint density at radius 3 is 2.88 bits per heavy atom. The predicted molar refractivity (Wildman–Crippen MR) is 64.4 cm³/mol. The summed E-state index contributed by atoms with van der Waals surface area (Å²) in [6.45, 7) is 3.58. The molecule has 0 fully saturated rings. The number of esters is 1. The highest BCUT2D eigenvalue weighted by Crippen LogP contribution is 2.30. The van der Waals surface area contributed by atoms with E-state index >= 15 is 0 Å². The molecule has 0 aliphatic heterocycles. The van der Waals surface area contributed by atoms with Gasteiger partial charge in [0, 0.05) is 4.90 Å². The van der Waals surface area contributed by atoms with Gasteiger partial charge in [0.05, 0.1) is 18.5 Å². The van der Waals surface area contributed by atoms with Gasteiger partial charge in [0.25, 0.3) is 0 Å². The summed E-state index contributed by atoms with van der Waals surface area (Å²) in [6, 6.07) is 4.48. The van der Waals surface area contributed by atoms with Crippen LogP contribution in [0.4, 0.5) is 4.39 Å². The number of carbonyl (C=O) groups excluding carboxylic acids is 1. The number of benzene rings is 1. The minimum absolute atomic E-state index is 0.0362. The van der Waals surface area contributed by atoms with E-state index in [9.17, 15) is 14.3 Å². The molecule has 1 atom stereocenters. The molecule has 0 spiro atoms. The van der Waals surface area contributed by atoms with E-state index in [0.717, 1.165) is 11.8 Å². The molecular formula is C12H15FO3S. The van der Waals surface area contributed by atoms with E-state index in [1.165, 1.54) is 12.1 Å². The number of halogens is 1.